The maximum Gasteiger partial charge on any atom is 0.335 e. The molecule has 1 aromatic carbocycles. The summed E-state index contributed by atoms with van der Waals surface area (Å²) in [6.45, 7) is 3.55. The molecule has 1 aliphatic rings. The second-order valence-electron chi connectivity index (χ2n) is 5.34. The first-order valence-electron chi connectivity index (χ1n) is 7.11. The molecular weight excluding hydrogens is 332 g/mol. The van der Waals surface area contributed by atoms with Crippen molar-refractivity contribution < 1.29 is 18.8 Å². The first kappa shape index (κ1) is 16.0. The summed E-state index contributed by atoms with van der Waals surface area (Å²) >= 11 is 6.06. The Balaban J connectivity index is 2.02. The summed E-state index contributed by atoms with van der Waals surface area (Å²) in [6, 6.07) is 7.29. The quantitative estimate of drug-likeness (QED) is 0.670. The second-order valence-corrected chi connectivity index (χ2v) is 5.75. The zero-order valence-electron chi connectivity index (χ0n) is 12.9. The topological polar surface area (TPSA) is 79.6 Å². The lowest BCUT2D eigenvalue weighted by atomic mass is 10.1. The van der Waals surface area contributed by atoms with Gasteiger partial charge in [0.25, 0.3) is 11.8 Å². The Bertz CT molecular complexity index is 898. The summed E-state index contributed by atoms with van der Waals surface area (Å²) in [5.74, 6) is -0.516. The third kappa shape index (κ3) is 2.83. The lowest BCUT2D eigenvalue weighted by Crippen LogP contribution is -2.54. The summed E-state index contributed by atoms with van der Waals surface area (Å²) in [7, 11) is 0. The molecule has 1 fully saturated rings. The molecule has 0 bridgehead atoms. The molecule has 0 aliphatic carbocycles. The SMILES string of the molecule is Cc1ccc(/C=C2/C(=O)NC(=O)N(c3ccc(C)c(Cl)c3)C2=O)o1. The van der Waals surface area contributed by atoms with Crippen LogP contribution in [0.4, 0.5) is 10.5 Å². The van der Waals surface area contributed by atoms with Crippen LogP contribution >= 0.6 is 11.6 Å². The number of benzene rings is 1. The normalized spacial score (nSPS) is 16.7. The van der Waals surface area contributed by atoms with Crippen molar-refractivity contribution in [2.24, 2.45) is 0 Å². The van der Waals surface area contributed by atoms with Crippen LogP contribution in [-0.2, 0) is 9.59 Å². The van der Waals surface area contributed by atoms with Gasteiger partial charge in [0, 0.05) is 5.02 Å². The fourth-order valence-electron chi connectivity index (χ4n) is 2.29. The molecule has 3 rings (SSSR count). The molecule has 1 aliphatic heterocycles. The van der Waals surface area contributed by atoms with Gasteiger partial charge in [-0.15, -0.1) is 0 Å². The average Bonchev–Trinajstić information content (AvgIpc) is 2.92. The molecule has 1 N–H and O–H groups in total. The molecule has 2 heterocycles. The van der Waals surface area contributed by atoms with Crippen LogP contribution in [-0.4, -0.2) is 17.8 Å². The van der Waals surface area contributed by atoms with Crippen LogP contribution < -0.4 is 10.2 Å². The fourth-order valence-corrected chi connectivity index (χ4v) is 2.46. The molecule has 0 spiro atoms. The van der Waals surface area contributed by atoms with Gasteiger partial charge in [-0.25, -0.2) is 9.69 Å². The predicted octanol–water partition coefficient (Wildman–Crippen LogP) is 3.22. The molecule has 0 unspecified atom stereocenters. The minimum Gasteiger partial charge on any atom is -0.462 e. The smallest absolute Gasteiger partial charge is 0.335 e. The number of imide groups is 2. The van der Waals surface area contributed by atoms with E-state index in [0.29, 0.717) is 16.5 Å². The lowest BCUT2D eigenvalue weighted by molar-refractivity contribution is -0.122. The van der Waals surface area contributed by atoms with E-state index >= 15 is 0 Å². The Morgan fingerprint density at radius 2 is 1.88 bits per heavy atom. The van der Waals surface area contributed by atoms with Crippen molar-refractivity contribution in [2.75, 3.05) is 4.90 Å². The zero-order valence-corrected chi connectivity index (χ0v) is 13.7. The van der Waals surface area contributed by atoms with Crippen LogP contribution in [0.5, 0.6) is 0 Å². The molecule has 0 radical (unpaired) electrons. The van der Waals surface area contributed by atoms with Gasteiger partial charge in [0.15, 0.2) is 0 Å². The highest BCUT2D eigenvalue weighted by atomic mass is 35.5. The number of aryl methyl sites for hydroxylation is 2. The van der Waals surface area contributed by atoms with Crippen molar-refractivity contribution in [3.8, 4) is 0 Å². The highest BCUT2D eigenvalue weighted by molar-refractivity contribution is 6.39. The highest BCUT2D eigenvalue weighted by Gasteiger charge is 2.37. The standard InChI is InChI=1S/C17H13ClN2O4/c1-9-3-5-11(7-14(9)18)20-16(22)13(15(21)19-17(20)23)8-12-6-4-10(2)24-12/h3-8H,1-2H3,(H,19,21,23)/b13-8-. The maximum atomic E-state index is 12.6. The number of nitrogens with zero attached hydrogens (tertiary/aromatic N) is 1. The van der Waals surface area contributed by atoms with Crippen LogP contribution in [0.15, 0.2) is 40.3 Å². The monoisotopic (exact) mass is 344 g/mol. The fraction of sp³-hybridized carbons (Fsp3) is 0.118. The van der Waals surface area contributed by atoms with E-state index in [0.717, 1.165) is 10.5 Å². The number of furan rings is 1. The largest absolute Gasteiger partial charge is 0.462 e. The summed E-state index contributed by atoms with van der Waals surface area (Å²) in [6.07, 6.45) is 1.31. The van der Waals surface area contributed by atoms with E-state index in [-0.39, 0.29) is 11.3 Å². The first-order chi connectivity index (χ1) is 11.4. The van der Waals surface area contributed by atoms with Gasteiger partial charge < -0.3 is 4.42 Å². The zero-order chi connectivity index (χ0) is 17.4. The van der Waals surface area contributed by atoms with Crippen LogP contribution in [0.25, 0.3) is 6.08 Å². The molecule has 2 aromatic rings. The molecule has 4 amide bonds. The summed E-state index contributed by atoms with van der Waals surface area (Å²) < 4.78 is 5.35. The number of barbiturate groups is 1. The van der Waals surface area contributed by atoms with E-state index in [1.807, 2.05) is 0 Å². The lowest BCUT2D eigenvalue weighted by Gasteiger charge is -2.26. The van der Waals surface area contributed by atoms with E-state index in [2.05, 4.69) is 5.32 Å². The number of amides is 4. The molecule has 1 saturated heterocycles. The van der Waals surface area contributed by atoms with E-state index < -0.39 is 17.8 Å². The van der Waals surface area contributed by atoms with Gasteiger partial charge in [0.05, 0.1) is 5.69 Å². The van der Waals surface area contributed by atoms with Gasteiger partial charge in [0.1, 0.15) is 17.1 Å². The highest BCUT2D eigenvalue weighted by Crippen LogP contribution is 2.26. The number of anilines is 1. The Labute approximate surface area is 142 Å². The van der Waals surface area contributed by atoms with Crippen LogP contribution in [0.1, 0.15) is 17.1 Å². The number of nitrogens with one attached hydrogen (secondary N) is 1. The van der Waals surface area contributed by atoms with E-state index in [9.17, 15) is 14.4 Å². The summed E-state index contributed by atoms with van der Waals surface area (Å²) in [4.78, 5) is 37.6. The third-order valence-electron chi connectivity index (χ3n) is 3.56. The van der Waals surface area contributed by atoms with E-state index in [1.165, 1.54) is 12.1 Å². The molecule has 0 saturated carbocycles. The average molecular weight is 345 g/mol. The predicted molar refractivity (Wildman–Crippen MR) is 88.6 cm³/mol. The first-order valence-corrected chi connectivity index (χ1v) is 7.48. The van der Waals surface area contributed by atoms with Gasteiger partial charge in [-0.05, 0) is 49.8 Å². The number of carbonyl (C=O) groups excluding carboxylic acids is 3. The Hall–Kier alpha value is -2.86. The van der Waals surface area contributed by atoms with Crippen molar-refractivity contribution in [1.29, 1.82) is 0 Å². The third-order valence-corrected chi connectivity index (χ3v) is 3.97. The van der Waals surface area contributed by atoms with Crippen molar-refractivity contribution in [3.63, 3.8) is 0 Å². The molecular formula is C17H13ClN2O4. The number of hydrogen-bond acceptors (Lipinski definition) is 4. The Kier molecular flexibility index (Phi) is 3.99. The van der Waals surface area contributed by atoms with Crippen molar-refractivity contribution in [2.45, 2.75) is 13.8 Å². The van der Waals surface area contributed by atoms with Crippen molar-refractivity contribution in [3.05, 3.63) is 58.0 Å². The second kappa shape index (κ2) is 5.98. The summed E-state index contributed by atoms with van der Waals surface area (Å²) in [5.41, 5.74) is 0.894. The number of halogens is 1. The van der Waals surface area contributed by atoms with E-state index in [4.69, 9.17) is 16.0 Å². The molecule has 7 heteroatoms. The number of carbonyl (C=O) groups is 3. The minimum absolute atomic E-state index is 0.194. The van der Waals surface area contributed by atoms with Crippen molar-refractivity contribution >= 4 is 41.2 Å². The van der Waals surface area contributed by atoms with Crippen LogP contribution in [0.3, 0.4) is 0 Å². The van der Waals surface area contributed by atoms with Gasteiger partial charge in [-0.3, -0.25) is 14.9 Å². The van der Waals surface area contributed by atoms with E-state index in [1.54, 1.807) is 38.1 Å². The van der Waals surface area contributed by atoms with Gasteiger partial charge >= 0.3 is 6.03 Å². The van der Waals surface area contributed by atoms with Gasteiger partial charge in [-0.1, -0.05) is 17.7 Å². The molecule has 24 heavy (non-hydrogen) atoms. The Morgan fingerprint density at radius 3 is 2.50 bits per heavy atom. The molecule has 6 nitrogen and oxygen atoms in total. The molecule has 1 aromatic heterocycles. The molecule has 122 valence electrons. The molecule has 0 atom stereocenters. The van der Waals surface area contributed by atoms with Crippen LogP contribution in [0.2, 0.25) is 5.02 Å². The minimum atomic E-state index is -0.822. The number of hydrogen-bond donors (Lipinski definition) is 1. The van der Waals surface area contributed by atoms with Gasteiger partial charge in [-0.2, -0.15) is 0 Å². The maximum absolute atomic E-state index is 12.6. The summed E-state index contributed by atoms with van der Waals surface area (Å²) in [5, 5.41) is 2.56. The number of urea groups is 1. The van der Waals surface area contributed by atoms with Crippen molar-refractivity contribution in [1.82, 2.24) is 5.32 Å². The number of rotatable bonds is 2. The van der Waals surface area contributed by atoms with Crippen LogP contribution in [0, 0.1) is 13.8 Å². The van der Waals surface area contributed by atoms with Gasteiger partial charge in [0.2, 0.25) is 0 Å². The Morgan fingerprint density at radius 1 is 1.12 bits per heavy atom.